The Hall–Kier alpha value is -2.46. The van der Waals surface area contributed by atoms with Crippen LogP contribution < -0.4 is 10.9 Å². The minimum atomic E-state index is -0.0412. The lowest BCUT2D eigenvalue weighted by Crippen LogP contribution is -2.21. The monoisotopic (exact) mass is 279 g/mol. The summed E-state index contributed by atoms with van der Waals surface area (Å²) in [6.45, 7) is 1.47. The van der Waals surface area contributed by atoms with Gasteiger partial charge in [-0.25, -0.2) is 4.98 Å². The molecule has 2 aromatic heterocycles. The summed E-state index contributed by atoms with van der Waals surface area (Å²) in [7, 11) is 0. The number of nitrogens with one attached hydrogen (secondary N) is 1. The van der Waals surface area contributed by atoms with Crippen LogP contribution in [0.5, 0.6) is 0 Å². The summed E-state index contributed by atoms with van der Waals surface area (Å²) in [6.07, 6.45) is 2.70. The molecule has 3 rings (SSSR count). The Bertz CT molecular complexity index is 781. The van der Waals surface area contributed by atoms with Gasteiger partial charge in [-0.15, -0.1) is 0 Å². The normalized spacial score (nSPS) is 10.9. The highest BCUT2D eigenvalue weighted by Crippen LogP contribution is 2.00. The number of nitrogens with zero attached hydrogens (tertiary/aromatic N) is 2. The zero-order valence-electron chi connectivity index (χ0n) is 11.7. The predicted molar refractivity (Wildman–Crippen MR) is 83.3 cm³/mol. The lowest BCUT2D eigenvalue weighted by molar-refractivity contribution is 0.673. The highest BCUT2D eigenvalue weighted by atomic mass is 16.1. The molecule has 4 nitrogen and oxygen atoms in total. The van der Waals surface area contributed by atoms with E-state index in [0.29, 0.717) is 12.2 Å². The third kappa shape index (κ3) is 3.35. The van der Waals surface area contributed by atoms with Crippen LogP contribution in [0.3, 0.4) is 0 Å². The summed E-state index contributed by atoms with van der Waals surface area (Å²) in [5, 5.41) is 3.33. The number of hydrogen-bond acceptors (Lipinski definition) is 3. The maximum absolute atomic E-state index is 11.9. The fourth-order valence-electron chi connectivity index (χ4n) is 2.29. The van der Waals surface area contributed by atoms with Crippen molar-refractivity contribution < 1.29 is 0 Å². The summed E-state index contributed by atoms with van der Waals surface area (Å²) in [5.74, 6) is 0. The molecule has 1 N–H and O–H groups in total. The van der Waals surface area contributed by atoms with Gasteiger partial charge < -0.3 is 5.32 Å². The van der Waals surface area contributed by atoms with E-state index in [1.807, 2.05) is 36.4 Å². The molecule has 21 heavy (non-hydrogen) atoms. The van der Waals surface area contributed by atoms with Crippen molar-refractivity contribution in [3.63, 3.8) is 0 Å². The van der Waals surface area contributed by atoms with Crippen LogP contribution in [0.4, 0.5) is 0 Å². The molecule has 0 spiro atoms. The molecule has 0 radical (unpaired) electrons. The van der Waals surface area contributed by atoms with E-state index in [1.165, 1.54) is 5.56 Å². The molecule has 0 saturated heterocycles. The van der Waals surface area contributed by atoms with E-state index < -0.39 is 0 Å². The first-order valence-corrected chi connectivity index (χ1v) is 7.05. The van der Waals surface area contributed by atoms with E-state index in [2.05, 4.69) is 22.4 Å². The van der Waals surface area contributed by atoms with Crippen molar-refractivity contribution in [3.05, 3.63) is 82.4 Å². The van der Waals surface area contributed by atoms with Gasteiger partial charge in [-0.3, -0.25) is 9.20 Å². The molecule has 0 atom stereocenters. The van der Waals surface area contributed by atoms with Crippen molar-refractivity contribution in [1.29, 1.82) is 0 Å². The third-order valence-electron chi connectivity index (χ3n) is 3.36. The van der Waals surface area contributed by atoms with Gasteiger partial charge in [-0.05, 0) is 30.7 Å². The standard InChI is InChI=1S/C17H17N3O/c21-17-12-15(19-16-8-4-5-11-20(16)17)13-18-10-9-14-6-2-1-3-7-14/h1-8,11-12,18H,9-10,13H2. The van der Waals surface area contributed by atoms with Crippen LogP contribution in [0, 0.1) is 0 Å². The van der Waals surface area contributed by atoms with E-state index in [-0.39, 0.29) is 5.56 Å². The lowest BCUT2D eigenvalue weighted by atomic mass is 10.1. The SMILES string of the molecule is O=c1cc(CNCCc2ccccc2)nc2ccccn12. The molecule has 0 aliphatic carbocycles. The minimum Gasteiger partial charge on any atom is -0.311 e. The van der Waals surface area contributed by atoms with Gasteiger partial charge in [0.2, 0.25) is 0 Å². The molecule has 106 valence electrons. The molecule has 0 saturated carbocycles. The first-order valence-electron chi connectivity index (χ1n) is 7.05. The zero-order valence-corrected chi connectivity index (χ0v) is 11.7. The second-order valence-electron chi connectivity index (χ2n) is 4.93. The molecule has 2 heterocycles. The Morgan fingerprint density at radius 2 is 1.86 bits per heavy atom. The number of rotatable bonds is 5. The van der Waals surface area contributed by atoms with Crippen molar-refractivity contribution in [2.45, 2.75) is 13.0 Å². The third-order valence-corrected chi connectivity index (χ3v) is 3.36. The summed E-state index contributed by atoms with van der Waals surface area (Å²) in [4.78, 5) is 16.4. The van der Waals surface area contributed by atoms with Gasteiger partial charge >= 0.3 is 0 Å². The topological polar surface area (TPSA) is 46.4 Å². The van der Waals surface area contributed by atoms with E-state index in [9.17, 15) is 4.79 Å². The van der Waals surface area contributed by atoms with Gasteiger partial charge in [0.25, 0.3) is 5.56 Å². The highest BCUT2D eigenvalue weighted by Gasteiger charge is 2.01. The van der Waals surface area contributed by atoms with Gasteiger partial charge in [0, 0.05) is 18.8 Å². The van der Waals surface area contributed by atoms with Crippen molar-refractivity contribution in [2.75, 3.05) is 6.54 Å². The summed E-state index contributed by atoms with van der Waals surface area (Å²) in [5.41, 5.74) is 2.72. The van der Waals surface area contributed by atoms with Crippen LogP contribution in [-0.2, 0) is 13.0 Å². The lowest BCUT2D eigenvalue weighted by Gasteiger charge is -2.06. The molecule has 1 aromatic carbocycles. The molecule has 4 heteroatoms. The van der Waals surface area contributed by atoms with Gasteiger partial charge in [0.05, 0.1) is 5.69 Å². The number of fused-ring (bicyclic) bond motifs is 1. The van der Waals surface area contributed by atoms with Crippen LogP contribution in [0.1, 0.15) is 11.3 Å². The fraction of sp³-hybridized carbons (Fsp3) is 0.176. The van der Waals surface area contributed by atoms with E-state index >= 15 is 0 Å². The Kier molecular flexibility index (Phi) is 4.07. The molecule has 0 unspecified atom stereocenters. The van der Waals surface area contributed by atoms with Gasteiger partial charge in [-0.1, -0.05) is 36.4 Å². The van der Waals surface area contributed by atoms with Crippen molar-refractivity contribution in [2.24, 2.45) is 0 Å². The first-order chi connectivity index (χ1) is 10.3. The highest BCUT2D eigenvalue weighted by molar-refractivity contribution is 5.37. The van der Waals surface area contributed by atoms with Crippen LogP contribution in [0.25, 0.3) is 5.65 Å². The number of aromatic nitrogens is 2. The Labute approximate surface area is 123 Å². The summed E-state index contributed by atoms with van der Waals surface area (Å²) < 4.78 is 1.55. The molecule has 0 aliphatic heterocycles. The average Bonchev–Trinajstić information content (AvgIpc) is 2.53. The van der Waals surface area contributed by atoms with Crippen molar-refractivity contribution in [3.8, 4) is 0 Å². The molecule has 0 amide bonds. The van der Waals surface area contributed by atoms with Gasteiger partial charge in [-0.2, -0.15) is 0 Å². The maximum Gasteiger partial charge on any atom is 0.258 e. The van der Waals surface area contributed by atoms with Crippen LogP contribution >= 0.6 is 0 Å². The molecule has 0 fully saturated rings. The number of benzene rings is 1. The Morgan fingerprint density at radius 1 is 1.05 bits per heavy atom. The molecular weight excluding hydrogens is 262 g/mol. The smallest absolute Gasteiger partial charge is 0.258 e. The molecular formula is C17H17N3O. The van der Waals surface area contributed by atoms with Gasteiger partial charge in [0.15, 0.2) is 0 Å². The summed E-state index contributed by atoms with van der Waals surface area (Å²) in [6, 6.07) is 17.5. The molecule has 0 aliphatic rings. The van der Waals surface area contributed by atoms with E-state index in [1.54, 1.807) is 16.7 Å². The Morgan fingerprint density at radius 3 is 2.71 bits per heavy atom. The maximum atomic E-state index is 11.9. The Balaban J connectivity index is 1.62. The quantitative estimate of drug-likeness (QED) is 0.727. The van der Waals surface area contributed by atoms with Crippen molar-refractivity contribution >= 4 is 5.65 Å². The summed E-state index contributed by atoms with van der Waals surface area (Å²) >= 11 is 0. The zero-order chi connectivity index (χ0) is 14.5. The fourth-order valence-corrected chi connectivity index (χ4v) is 2.29. The second kappa shape index (κ2) is 6.33. The van der Waals surface area contributed by atoms with Crippen LogP contribution in [0.15, 0.2) is 65.6 Å². The van der Waals surface area contributed by atoms with Crippen LogP contribution in [0.2, 0.25) is 0 Å². The second-order valence-corrected chi connectivity index (χ2v) is 4.93. The number of hydrogen-bond donors (Lipinski definition) is 1. The minimum absolute atomic E-state index is 0.0412. The predicted octanol–water partition coefficient (Wildman–Crippen LogP) is 2.03. The van der Waals surface area contributed by atoms with E-state index in [0.717, 1.165) is 18.7 Å². The molecule has 0 bridgehead atoms. The number of pyridine rings is 1. The van der Waals surface area contributed by atoms with Crippen LogP contribution in [-0.4, -0.2) is 15.9 Å². The van der Waals surface area contributed by atoms with Gasteiger partial charge in [0.1, 0.15) is 5.65 Å². The van der Waals surface area contributed by atoms with Crippen molar-refractivity contribution in [1.82, 2.24) is 14.7 Å². The first kappa shape index (κ1) is 13.5. The largest absolute Gasteiger partial charge is 0.311 e. The molecule has 3 aromatic rings. The average molecular weight is 279 g/mol. The van der Waals surface area contributed by atoms with E-state index in [4.69, 9.17) is 0 Å².